The van der Waals surface area contributed by atoms with Gasteiger partial charge in [0.2, 0.25) is 0 Å². The number of carbonyl (C=O) groups is 1. The number of rotatable bonds is 3. The Kier molecular flexibility index (Phi) is 5.52. The van der Waals surface area contributed by atoms with E-state index in [4.69, 9.17) is 9.47 Å². The molecule has 0 spiro atoms. The molecule has 118 valence electrons. The van der Waals surface area contributed by atoms with Gasteiger partial charge >= 0.3 is 0 Å². The maximum Gasteiger partial charge on any atom is 0.161 e. The molecule has 0 aliphatic carbocycles. The standard InChI is InChI=1S/C14H13NO2.C4H10O/c1-14(10-16)13-7-4-8-15(13)12-6-3-2-5-11(12)9-17-14;1-3-5-4-2/h2-8,10H,9H2,1H3;3-4H2,1-2H3. The second-order valence-corrected chi connectivity index (χ2v) is 5.19. The van der Waals surface area contributed by atoms with Crippen molar-refractivity contribution in [3.8, 4) is 5.69 Å². The quantitative estimate of drug-likeness (QED) is 0.815. The molecule has 1 aromatic carbocycles. The Labute approximate surface area is 131 Å². The van der Waals surface area contributed by atoms with Crippen LogP contribution in [0.1, 0.15) is 32.0 Å². The highest BCUT2D eigenvalue weighted by Crippen LogP contribution is 2.32. The van der Waals surface area contributed by atoms with Gasteiger partial charge < -0.3 is 14.0 Å². The zero-order valence-corrected chi connectivity index (χ0v) is 13.4. The SMILES string of the molecule is CC1(C=O)OCc2ccccc2-n2cccc21.CCOCC. The third kappa shape index (κ3) is 3.29. The van der Waals surface area contributed by atoms with Gasteiger partial charge in [-0.25, -0.2) is 0 Å². The van der Waals surface area contributed by atoms with Crippen molar-refractivity contribution in [3.63, 3.8) is 0 Å². The number of para-hydroxylation sites is 1. The summed E-state index contributed by atoms with van der Waals surface area (Å²) in [5, 5.41) is 0. The fraction of sp³-hybridized carbons (Fsp3) is 0.389. The largest absolute Gasteiger partial charge is 0.382 e. The highest BCUT2D eigenvalue weighted by Gasteiger charge is 2.33. The average Bonchev–Trinajstić information content (AvgIpc) is 3.00. The van der Waals surface area contributed by atoms with Crippen molar-refractivity contribution >= 4 is 6.29 Å². The van der Waals surface area contributed by atoms with Crippen molar-refractivity contribution in [3.05, 3.63) is 53.9 Å². The van der Waals surface area contributed by atoms with E-state index in [1.54, 1.807) is 6.92 Å². The van der Waals surface area contributed by atoms with Gasteiger partial charge in [0, 0.05) is 25.0 Å². The first kappa shape index (κ1) is 16.5. The van der Waals surface area contributed by atoms with Gasteiger partial charge in [0.25, 0.3) is 0 Å². The van der Waals surface area contributed by atoms with Gasteiger partial charge in [-0.05, 0) is 39.0 Å². The van der Waals surface area contributed by atoms with Crippen LogP contribution in [-0.4, -0.2) is 24.1 Å². The molecule has 0 amide bonds. The van der Waals surface area contributed by atoms with Gasteiger partial charge in [-0.2, -0.15) is 0 Å². The van der Waals surface area contributed by atoms with Crippen molar-refractivity contribution < 1.29 is 14.3 Å². The van der Waals surface area contributed by atoms with Crippen LogP contribution in [-0.2, 0) is 26.5 Å². The molecule has 3 rings (SSSR count). The van der Waals surface area contributed by atoms with Gasteiger partial charge in [0.15, 0.2) is 11.9 Å². The second-order valence-electron chi connectivity index (χ2n) is 5.19. The topological polar surface area (TPSA) is 40.5 Å². The van der Waals surface area contributed by atoms with E-state index in [9.17, 15) is 4.79 Å². The second kappa shape index (κ2) is 7.38. The molecule has 1 aliphatic heterocycles. The molecule has 4 heteroatoms. The number of ether oxygens (including phenoxy) is 2. The highest BCUT2D eigenvalue weighted by atomic mass is 16.5. The third-order valence-electron chi connectivity index (χ3n) is 3.67. The van der Waals surface area contributed by atoms with E-state index in [0.717, 1.165) is 36.4 Å². The van der Waals surface area contributed by atoms with Crippen LogP contribution in [0, 0.1) is 0 Å². The number of hydrogen-bond donors (Lipinski definition) is 0. The predicted octanol–water partition coefficient (Wildman–Crippen LogP) is 3.46. The average molecular weight is 301 g/mol. The molecular formula is C18H23NO3. The maximum absolute atomic E-state index is 11.3. The lowest BCUT2D eigenvalue weighted by molar-refractivity contribution is -0.132. The van der Waals surface area contributed by atoms with E-state index < -0.39 is 5.60 Å². The fourth-order valence-electron chi connectivity index (χ4n) is 2.46. The Morgan fingerprint density at radius 1 is 1.23 bits per heavy atom. The van der Waals surface area contributed by atoms with E-state index >= 15 is 0 Å². The summed E-state index contributed by atoms with van der Waals surface area (Å²) in [4.78, 5) is 11.3. The lowest BCUT2D eigenvalue weighted by atomic mass is 10.0. The molecule has 2 aromatic rings. The molecule has 1 aromatic heterocycles. The normalized spacial score (nSPS) is 19.2. The van der Waals surface area contributed by atoms with Crippen LogP contribution in [0.2, 0.25) is 0 Å². The number of aldehydes is 1. The first-order valence-electron chi connectivity index (χ1n) is 7.60. The van der Waals surface area contributed by atoms with Crippen LogP contribution in [0.25, 0.3) is 5.69 Å². The van der Waals surface area contributed by atoms with E-state index in [1.807, 2.05) is 61.0 Å². The molecule has 0 saturated carbocycles. The lowest BCUT2D eigenvalue weighted by Gasteiger charge is -2.22. The molecule has 1 aliphatic rings. The van der Waals surface area contributed by atoms with Crippen molar-refractivity contribution in [1.29, 1.82) is 0 Å². The van der Waals surface area contributed by atoms with Crippen molar-refractivity contribution in [2.24, 2.45) is 0 Å². The summed E-state index contributed by atoms with van der Waals surface area (Å²) in [6.45, 7) is 7.92. The molecule has 2 heterocycles. The molecule has 0 bridgehead atoms. The van der Waals surface area contributed by atoms with Crippen molar-refractivity contribution in [1.82, 2.24) is 4.57 Å². The van der Waals surface area contributed by atoms with Gasteiger partial charge in [0.1, 0.15) is 0 Å². The van der Waals surface area contributed by atoms with E-state index in [0.29, 0.717) is 6.61 Å². The van der Waals surface area contributed by atoms with Crippen LogP contribution in [0.4, 0.5) is 0 Å². The molecule has 0 fully saturated rings. The summed E-state index contributed by atoms with van der Waals surface area (Å²) in [5.41, 5.74) is 2.17. The van der Waals surface area contributed by atoms with Crippen LogP contribution in [0.5, 0.6) is 0 Å². The first-order chi connectivity index (χ1) is 10.7. The van der Waals surface area contributed by atoms with E-state index in [1.165, 1.54) is 0 Å². The highest BCUT2D eigenvalue weighted by molar-refractivity contribution is 5.66. The predicted molar refractivity (Wildman–Crippen MR) is 86.1 cm³/mol. The Bertz CT molecular complexity index is 618. The lowest BCUT2D eigenvalue weighted by Crippen LogP contribution is -2.28. The molecular weight excluding hydrogens is 278 g/mol. The number of benzene rings is 1. The minimum absolute atomic E-state index is 0.451. The van der Waals surface area contributed by atoms with Gasteiger partial charge in [-0.15, -0.1) is 0 Å². The molecule has 4 nitrogen and oxygen atoms in total. The van der Waals surface area contributed by atoms with Crippen LogP contribution >= 0.6 is 0 Å². The Morgan fingerprint density at radius 3 is 2.59 bits per heavy atom. The van der Waals surface area contributed by atoms with Crippen molar-refractivity contribution in [2.75, 3.05) is 13.2 Å². The molecule has 0 radical (unpaired) electrons. The minimum Gasteiger partial charge on any atom is -0.382 e. The number of carbonyl (C=O) groups excluding carboxylic acids is 1. The number of hydrogen-bond acceptors (Lipinski definition) is 3. The van der Waals surface area contributed by atoms with E-state index in [2.05, 4.69) is 0 Å². The number of nitrogens with zero attached hydrogens (tertiary/aromatic N) is 1. The van der Waals surface area contributed by atoms with Gasteiger partial charge in [-0.1, -0.05) is 18.2 Å². The summed E-state index contributed by atoms with van der Waals surface area (Å²) in [5.74, 6) is 0. The molecule has 1 atom stereocenters. The minimum atomic E-state index is -0.872. The molecule has 22 heavy (non-hydrogen) atoms. The van der Waals surface area contributed by atoms with Crippen LogP contribution in [0.3, 0.4) is 0 Å². The summed E-state index contributed by atoms with van der Waals surface area (Å²) in [6.07, 6.45) is 2.83. The number of fused-ring (bicyclic) bond motifs is 3. The molecule has 1 unspecified atom stereocenters. The third-order valence-corrected chi connectivity index (χ3v) is 3.67. The summed E-state index contributed by atoms with van der Waals surface area (Å²) in [6, 6.07) is 11.9. The summed E-state index contributed by atoms with van der Waals surface area (Å²) >= 11 is 0. The van der Waals surface area contributed by atoms with Crippen LogP contribution in [0.15, 0.2) is 42.6 Å². The molecule has 0 saturated heterocycles. The van der Waals surface area contributed by atoms with Gasteiger partial charge in [-0.3, -0.25) is 4.79 Å². The smallest absolute Gasteiger partial charge is 0.161 e. The Hall–Kier alpha value is -1.91. The first-order valence-corrected chi connectivity index (χ1v) is 7.60. The zero-order chi connectivity index (χ0) is 16.0. The van der Waals surface area contributed by atoms with E-state index in [-0.39, 0.29) is 0 Å². The zero-order valence-electron chi connectivity index (χ0n) is 13.4. The fourth-order valence-corrected chi connectivity index (χ4v) is 2.46. The maximum atomic E-state index is 11.3. The monoisotopic (exact) mass is 301 g/mol. The molecule has 0 N–H and O–H groups in total. The van der Waals surface area contributed by atoms with Gasteiger partial charge in [0.05, 0.1) is 18.0 Å². The van der Waals surface area contributed by atoms with Crippen LogP contribution < -0.4 is 0 Å². The van der Waals surface area contributed by atoms with Crippen molar-refractivity contribution in [2.45, 2.75) is 33.0 Å². The number of aromatic nitrogens is 1. The summed E-state index contributed by atoms with van der Waals surface area (Å²) < 4.78 is 12.6. The Balaban J connectivity index is 0.000000309. The Morgan fingerprint density at radius 2 is 1.95 bits per heavy atom. The summed E-state index contributed by atoms with van der Waals surface area (Å²) in [7, 11) is 0.